The highest BCUT2D eigenvalue weighted by Gasteiger charge is 2.15. The molecule has 0 heterocycles. The first-order chi connectivity index (χ1) is 19.4. The zero-order chi connectivity index (χ0) is 28.3. The molecule has 3 N–H and O–H groups in total. The third kappa shape index (κ3) is 8.14. The molecule has 40 heavy (non-hydrogen) atoms. The number of hydrogen-bond acceptors (Lipinski definition) is 6. The summed E-state index contributed by atoms with van der Waals surface area (Å²) in [6.07, 6.45) is 1.60. The number of rotatable bonds is 10. The highest BCUT2D eigenvalue weighted by Crippen LogP contribution is 2.22. The van der Waals surface area contributed by atoms with E-state index in [-0.39, 0.29) is 23.0 Å². The smallest absolute Gasteiger partial charge is 0.272 e. The number of non-ortho nitro benzene ring substituents is 1. The Kier molecular flexibility index (Phi) is 9.41. The van der Waals surface area contributed by atoms with Gasteiger partial charge >= 0.3 is 0 Å². The average molecular weight is 553 g/mol. The summed E-state index contributed by atoms with van der Waals surface area (Å²) in [4.78, 5) is 49.2. The van der Waals surface area contributed by atoms with Crippen LogP contribution >= 0.6 is 11.8 Å². The maximum absolute atomic E-state index is 13.1. The molecule has 0 spiro atoms. The van der Waals surface area contributed by atoms with Gasteiger partial charge in [-0.05, 0) is 60.2 Å². The van der Waals surface area contributed by atoms with E-state index in [1.165, 1.54) is 36.0 Å². The van der Waals surface area contributed by atoms with E-state index < -0.39 is 16.7 Å². The molecule has 0 aliphatic rings. The van der Waals surface area contributed by atoms with Gasteiger partial charge in [-0.3, -0.25) is 24.5 Å². The molecule has 0 aliphatic carbocycles. The molecule has 0 unspecified atom stereocenters. The second kappa shape index (κ2) is 13.5. The molecule has 9 nitrogen and oxygen atoms in total. The molecule has 4 aromatic rings. The second-order valence-corrected chi connectivity index (χ2v) is 9.46. The lowest BCUT2D eigenvalue weighted by molar-refractivity contribution is -0.384. The van der Waals surface area contributed by atoms with Crippen LogP contribution in [0.15, 0.2) is 120 Å². The first kappa shape index (κ1) is 27.8. The third-order valence-electron chi connectivity index (χ3n) is 5.48. The van der Waals surface area contributed by atoms with Crippen LogP contribution in [0, 0.1) is 10.1 Å². The third-order valence-corrected chi connectivity index (χ3v) is 6.50. The van der Waals surface area contributed by atoms with Crippen LogP contribution < -0.4 is 16.0 Å². The number of anilines is 2. The molecule has 200 valence electrons. The van der Waals surface area contributed by atoms with Gasteiger partial charge in [-0.1, -0.05) is 48.5 Å². The van der Waals surface area contributed by atoms with Crippen molar-refractivity contribution in [1.29, 1.82) is 0 Å². The van der Waals surface area contributed by atoms with Crippen molar-refractivity contribution in [2.45, 2.75) is 4.90 Å². The minimum absolute atomic E-state index is 0.0548. The van der Waals surface area contributed by atoms with Gasteiger partial charge in [-0.15, -0.1) is 11.8 Å². The number of nitro groups is 1. The number of benzene rings is 4. The average Bonchev–Trinajstić information content (AvgIpc) is 2.97. The van der Waals surface area contributed by atoms with E-state index in [4.69, 9.17) is 0 Å². The lowest BCUT2D eigenvalue weighted by atomic mass is 10.1. The van der Waals surface area contributed by atoms with E-state index >= 15 is 0 Å². The molecule has 10 heteroatoms. The predicted molar refractivity (Wildman–Crippen MR) is 156 cm³/mol. The summed E-state index contributed by atoms with van der Waals surface area (Å²) in [5.41, 5.74) is 2.18. The van der Waals surface area contributed by atoms with Crippen LogP contribution in [0.3, 0.4) is 0 Å². The topological polar surface area (TPSA) is 130 Å². The van der Waals surface area contributed by atoms with Crippen molar-refractivity contribution in [3.8, 4) is 0 Å². The van der Waals surface area contributed by atoms with Crippen LogP contribution in [0.1, 0.15) is 15.9 Å². The number of hydrogen-bond donors (Lipinski definition) is 3. The largest absolute Gasteiger partial charge is 0.325 e. The van der Waals surface area contributed by atoms with Gasteiger partial charge in [0, 0.05) is 34.0 Å². The molecule has 0 aliphatic heterocycles. The highest BCUT2D eigenvalue weighted by molar-refractivity contribution is 8.00. The Balaban J connectivity index is 1.36. The van der Waals surface area contributed by atoms with E-state index in [2.05, 4.69) is 16.0 Å². The van der Waals surface area contributed by atoms with Gasteiger partial charge in [0.05, 0.1) is 10.7 Å². The van der Waals surface area contributed by atoms with Crippen LogP contribution in [0.4, 0.5) is 17.1 Å². The van der Waals surface area contributed by atoms with Crippen LogP contribution in [0.2, 0.25) is 0 Å². The van der Waals surface area contributed by atoms with E-state index in [9.17, 15) is 24.5 Å². The molecule has 3 amide bonds. The second-order valence-electron chi connectivity index (χ2n) is 8.41. The Morgan fingerprint density at radius 3 is 1.95 bits per heavy atom. The SMILES string of the molecule is O=C(CSc1ccc(NC(=O)/C(=C/c2ccccc2)NC(=O)c2ccccc2)cc1)Nc1ccc([N+](=O)[O-])cc1. The maximum Gasteiger partial charge on any atom is 0.272 e. The number of carbonyl (C=O) groups is 3. The Hall–Kier alpha value is -5.22. The number of nitro benzene ring substituents is 1. The highest BCUT2D eigenvalue weighted by atomic mass is 32.2. The lowest BCUT2D eigenvalue weighted by Gasteiger charge is -2.12. The number of thioether (sulfide) groups is 1. The fourth-order valence-electron chi connectivity index (χ4n) is 3.50. The molecule has 0 saturated heterocycles. The van der Waals surface area contributed by atoms with Gasteiger partial charge in [-0.2, -0.15) is 0 Å². The maximum atomic E-state index is 13.1. The fourth-order valence-corrected chi connectivity index (χ4v) is 4.20. The van der Waals surface area contributed by atoms with Gasteiger partial charge in [0.25, 0.3) is 17.5 Å². The summed E-state index contributed by atoms with van der Waals surface area (Å²) in [5, 5.41) is 18.9. The summed E-state index contributed by atoms with van der Waals surface area (Å²) in [5.74, 6) is -1.04. The summed E-state index contributed by atoms with van der Waals surface area (Å²) in [6, 6.07) is 30.3. The van der Waals surface area contributed by atoms with Crippen LogP contribution in [-0.4, -0.2) is 28.4 Å². The summed E-state index contributed by atoms with van der Waals surface area (Å²) < 4.78 is 0. The van der Waals surface area contributed by atoms with Crippen molar-refractivity contribution in [3.05, 3.63) is 136 Å². The molecule has 0 fully saturated rings. The van der Waals surface area contributed by atoms with Gasteiger partial charge < -0.3 is 16.0 Å². The normalized spacial score (nSPS) is 10.8. The number of nitrogens with one attached hydrogen (secondary N) is 3. The Morgan fingerprint density at radius 2 is 1.32 bits per heavy atom. The number of carbonyl (C=O) groups excluding carboxylic acids is 3. The number of amides is 3. The molecule has 0 radical (unpaired) electrons. The van der Waals surface area contributed by atoms with Crippen molar-refractivity contribution in [2.75, 3.05) is 16.4 Å². The van der Waals surface area contributed by atoms with E-state index in [1.807, 2.05) is 30.3 Å². The van der Waals surface area contributed by atoms with Crippen molar-refractivity contribution in [2.24, 2.45) is 0 Å². The van der Waals surface area contributed by atoms with Gasteiger partial charge in [0.2, 0.25) is 5.91 Å². The lowest BCUT2D eigenvalue weighted by Crippen LogP contribution is -2.30. The molecular weight excluding hydrogens is 528 g/mol. The Bertz CT molecular complexity index is 1520. The van der Waals surface area contributed by atoms with Crippen LogP contribution in [0.25, 0.3) is 6.08 Å². The molecule has 0 saturated carbocycles. The van der Waals surface area contributed by atoms with E-state index in [0.29, 0.717) is 16.9 Å². The predicted octanol–water partition coefficient (Wildman–Crippen LogP) is 5.74. The molecule has 0 atom stereocenters. The molecule has 4 rings (SSSR count). The minimum atomic E-state index is -0.505. The van der Waals surface area contributed by atoms with Crippen molar-refractivity contribution < 1.29 is 19.3 Å². The van der Waals surface area contributed by atoms with Crippen LogP contribution in [0.5, 0.6) is 0 Å². The standard InChI is InChI=1S/C30H24N4O5S/c35-28(31-23-11-15-25(16-12-23)34(38)39)20-40-26-17-13-24(14-18-26)32-30(37)27(19-21-7-3-1-4-8-21)33-29(36)22-9-5-2-6-10-22/h1-19H,20H2,(H,31,35)(H,32,37)(H,33,36)/b27-19-. The van der Waals surface area contributed by atoms with E-state index in [0.717, 1.165) is 10.5 Å². The fraction of sp³-hybridized carbons (Fsp3) is 0.0333. The van der Waals surface area contributed by atoms with Gasteiger partial charge in [0.1, 0.15) is 5.70 Å². The molecule has 0 aromatic heterocycles. The van der Waals surface area contributed by atoms with Gasteiger partial charge in [-0.25, -0.2) is 0 Å². The zero-order valence-electron chi connectivity index (χ0n) is 21.1. The van der Waals surface area contributed by atoms with Gasteiger partial charge in [0.15, 0.2) is 0 Å². The molecule has 0 bridgehead atoms. The molecular formula is C30H24N4O5S. The number of nitrogens with zero attached hydrogens (tertiary/aromatic N) is 1. The summed E-state index contributed by atoms with van der Waals surface area (Å²) >= 11 is 1.30. The van der Waals surface area contributed by atoms with Crippen molar-refractivity contribution >= 4 is 52.6 Å². The first-order valence-corrected chi connectivity index (χ1v) is 13.1. The molecule has 4 aromatic carbocycles. The minimum Gasteiger partial charge on any atom is -0.325 e. The Labute approximate surface area is 234 Å². The summed E-state index contributed by atoms with van der Waals surface area (Å²) in [7, 11) is 0. The van der Waals surface area contributed by atoms with Crippen LogP contribution in [-0.2, 0) is 9.59 Å². The Morgan fingerprint density at radius 1 is 0.750 bits per heavy atom. The summed E-state index contributed by atoms with van der Waals surface area (Å²) in [6.45, 7) is 0. The van der Waals surface area contributed by atoms with Crippen molar-refractivity contribution in [1.82, 2.24) is 5.32 Å². The monoisotopic (exact) mass is 552 g/mol. The first-order valence-electron chi connectivity index (χ1n) is 12.1. The van der Waals surface area contributed by atoms with E-state index in [1.54, 1.807) is 60.7 Å². The quantitative estimate of drug-likeness (QED) is 0.0996. The zero-order valence-corrected chi connectivity index (χ0v) is 21.9. The van der Waals surface area contributed by atoms with Crippen molar-refractivity contribution in [3.63, 3.8) is 0 Å².